The van der Waals surface area contributed by atoms with Crippen molar-refractivity contribution in [1.29, 1.82) is 0 Å². The molecule has 0 aliphatic carbocycles. The zero-order chi connectivity index (χ0) is 11.8. The third kappa shape index (κ3) is 3.91. The molecule has 16 heavy (non-hydrogen) atoms. The van der Waals surface area contributed by atoms with Crippen LogP contribution in [0.5, 0.6) is 0 Å². The number of carbonyl (C=O) groups excluding carboxylic acids is 2. The maximum Gasteiger partial charge on any atom is 0.398 e. The predicted octanol–water partition coefficient (Wildman–Crippen LogP) is 0.700. The minimum Gasteiger partial charge on any atom is -0.459 e. The molecule has 0 atom stereocenters. The molecule has 1 rings (SSSR count). The Morgan fingerprint density at radius 2 is 2.06 bits per heavy atom. The number of benzene rings is 1. The average molecular weight is 220 g/mol. The van der Waals surface area contributed by atoms with Crippen LogP contribution in [-0.4, -0.2) is 24.7 Å². The van der Waals surface area contributed by atoms with Crippen molar-refractivity contribution in [2.24, 2.45) is 5.10 Å². The molecule has 0 fully saturated rings. The van der Waals surface area contributed by atoms with Gasteiger partial charge in [-0.2, -0.15) is 5.10 Å². The second-order valence-corrected chi connectivity index (χ2v) is 2.83. The summed E-state index contributed by atoms with van der Waals surface area (Å²) in [4.78, 5) is 21.9. The maximum atomic E-state index is 11.0. The molecule has 1 N–H and O–H groups in total. The van der Waals surface area contributed by atoms with E-state index < -0.39 is 11.9 Å². The molecule has 0 aromatic heterocycles. The Kier molecular flexibility index (Phi) is 4.72. The summed E-state index contributed by atoms with van der Waals surface area (Å²) >= 11 is 0. The summed E-state index contributed by atoms with van der Waals surface area (Å²) in [6, 6.07) is 9.19. The van der Waals surface area contributed by atoms with Crippen molar-refractivity contribution in [3.8, 4) is 0 Å². The van der Waals surface area contributed by atoms with Gasteiger partial charge in [-0.1, -0.05) is 30.3 Å². The minimum atomic E-state index is -0.937. The first-order valence-electron chi connectivity index (χ1n) is 4.79. The lowest BCUT2D eigenvalue weighted by molar-refractivity contribution is -0.154. The van der Waals surface area contributed by atoms with Crippen molar-refractivity contribution in [2.45, 2.75) is 6.92 Å². The molecular formula is C11H12N2O3. The molecule has 0 bridgehead atoms. The van der Waals surface area contributed by atoms with E-state index in [0.717, 1.165) is 5.56 Å². The van der Waals surface area contributed by atoms with Crippen LogP contribution in [-0.2, 0) is 14.3 Å². The van der Waals surface area contributed by atoms with Gasteiger partial charge in [0.1, 0.15) is 0 Å². The van der Waals surface area contributed by atoms with Crippen LogP contribution in [0.15, 0.2) is 35.4 Å². The Morgan fingerprint density at radius 1 is 1.38 bits per heavy atom. The first-order chi connectivity index (χ1) is 7.74. The van der Waals surface area contributed by atoms with Crippen LogP contribution in [0, 0.1) is 0 Å². The van der Waals surface area contributed by atoms with E-state index in [9.17, 15) is 9.59 Å². The number of hydrogen-bond acceptors (Lipinski definition) is 4. The Balaban J connectivity index is 2.43. The van der Waals surface area contributed by atoms with Crippen LogP contribution < -0.4 is 5.43 Å². The zero-order valence-corrected chi connectivity index (χ0v) is 8.84. The fourth-order valence-electron chi connectivity index (χ4n) is 0.947. The SMILES string of the molecule is CCOC(=O)C(=O)NN=Cc1ccccc1. The zero-order valence-electron chi connectivity index (χ0n) is 8.84. The van der Waals surface area contributed by atoms with E-state index in [1.807, 2.05) is 30.3 Å². The molecule has 84 valence electrons. The summed E-state index contributed by atoms with van der Waals surface area (Å²) in [6.45, 7) is 1.78. The molecule has 1 aromatic carbocycles. The molecule has 5 heteroatoms. The van der Waals surface area contributed by atoms with Crippen LogP contribution in [0.1, 0.15) is 12.5 Å². The molecule has 0 spiro atoms. The monoisotopic (exact) mass is 220 g/mol. The highest BCUT2D eigenvalue weighted by Crippen LogP contribution is 1.93. The minimum absolute atomic E-state index is 0.161. The summed E-state index contributed by atoms with van der Waals surface area (Å²) in [5, 5.41) is 3.62. The molecular weight excluding hydrogens is 208 g/mol. The summed E-state index contributed by atoms with van der Waals surface area (Å²) in [6.07, 6.45) is 1.44. The Labute approximate surface area is 93.1 Å². The maximum absolute atomic E-state index is 11.0. The molecule has 0 heterocycles. The summed E-state index contributed by atoms with van der Waals surface area (Å²) < 4.78 is 4.48. The quantitative estimate of drug-likeness (QED) is 0.353. The number of amides is 1. The van der Waals surface area contributed by atoms with Crippen molar-refractivity contribution >= 4 is 18.1 Å². The number of esters is 1. The Hall–Kier alpha value is -2.17. The fraction of sp³-hybridized carbons (Fsp3) is 0.182. The van der Waals surface area contributed by atoms with E-state index in [4.69, 9.17) is 0 Å². The van der Waals surface area contributed by atoms with Gasteiger partial charge in [0.25, 0.3) is 0 Å². The van der Waals surface area contributed by atoms with E-state index >= 15 is 0 Å². The lowest BCUT2D eigenvalue weighted by Gasteiger charge is -1.98. The van der Waals surface area contributed by atoms with Gasteiger partial charge in [0.05, 0.1) is 12.8 Å². The van der Waals surface area contributed by atoms with Crippen LogP contribution in [0.4, 0.5) is 0 Å². The molecule has 0 aliphatic heterocycles. The van der Waals surface area contributed by atoms with Crippen molar-refractivity contribution < 1.29 is 14.3 Å². The van der Waals surface area contributed by atoms with Gasteiger partial charge in [0.15, 0.2) is 0 Å². The molecule has 0 radical (unpaired) electrons. The van der Waals surface area contributed by atoms with Crippen molar-refractivity contribution in [3.05, 3.63) is 35.9 Å². The highest BCUT2D eigenvalue weighted by Gasteiger charge is 2.12. The second kappa shape index (κ2) is 6.34. The van der Waals surface area contributed by atoms with E-state index in [-0.39, 0.29) is 6.61 Å². The molecule has 1 aromatic rings. The normalized spacial score (nSPS) is 10.1. The highest BCUT2D eigenvalue weighted by atomic mass is 16.5. The van der Waals surface area contributed by atoms with E-state index in [0.29, 0.717) is 0 Å². The standard InChI is InChI=1S/C11H12N2O3/c1-2-16-11(15)10(14)13-12-8-9-6-4-3-5-7-9/h3-8H,2H2,1H3,(H,13,14). The smallest absolute Gasteiger partial charge is 0.398 e. The van der Waals surface area contributed by atoms with Gasteiger partial charge < -0.3 is 4.74 Å². The molecule has 1 amide bonds. The highest BCUT2D eigenvalue weighted by molar-refractivity contribution is 6.32. The van der Waals surface area contributed by atoms with Gasteiger partial charge in [-0.25, -0.2) is 10.2 Å². The Morgan fingerprint density at radius 3 is 2.69 bits per heavy atom. The topological polar surface area (TPSA) is 67.8 Å². The predicted molar refractivity (Wildman–Crippen MR) is 58.8 cm³/mol. The number of nitrogens with one attached hydrogen (secondary N) is 1. The summed E-state index contributed by atoms with van der Waals surface area (Å²) in [5.41, 5.74) is 2.90. The van der Waals surface area contributed by atoms with Crippen LogP contribution in [0.25, 0.3) is 0 Å². The molecule has 5 nitrogen and oxygen atoms in total. The third-order valence-electron chi connectivity index (χ3n) is 1.64. The van der Waals surface area contributed by atoms with Crippen LogP contribution in [0.2, 0.25) is 0 Å². The van der Waals surface area contributed by atoms with Crippen molar-refractivity contribution in [1.82, 2.24) is 5.43 Å². The van der Waals surface area contributed by atoms with E-state index in [2.05, 4.69) is 15.3 Å². The number of hydrazone groups is 1. The number of ether oxygens (including phenoxy) is 1. The van der Waals surface area contributed by atoms with E-state index in [1.54, 1.807) is 6.92 Å². The fourth-order valence-corrected chi connectivity index (χ4v) is 0.947. The third-order valence-corrected chi connectivity index (χ3v) is 1.64. The number of hydrogen-bond donors (Lipinski definition) is 1. The summed E-state index contributed by atoms with van der Waals surface area (Å²) in [5.74, 6) is -1.82. The van der Waals surface area contributed by atoms with Gasteiger partial charge in [0, 0.05) is 0 Å². The first kappa shape index (κ1) is 11.9. The summed E-state index contributed by atoms with van der Waals surface area (Å²) in [7, 11) is 0. The lowest BCUT2D eigenvalue weighted by atomic mass is 10.2. The first-order valence-corrected chi connectivity index (χ1v) is 4.79. The molecule has 0 saturated carbocycles. The van der Waals surface area contributed by atoms with Gasteiger partial charge >= 0.3 is 11.9 Å². The van der Waals surface area contributed by atoms with Crippen LogP contribution in [0.3, 0.4) is 0 Å². The van der Waals surface area contributed by atoms with E-state index in [1.165, 1.54) is 6.21 Å². The number of carbonyl (C=O) groups is 2. The molecule has 0 aliphatic rings. The van der Waals surface area contributed by atoms with Gasteiger partial charge in [0.2, 0.25) is 0 Å². The number of nitrogens with zero attached hydrogens (tertiary/aromatic N) is 1. The lowest BCUT2D eigenvalue weighted by Crippen LogP contribution is -2.28. The molecule has 0 saturated heterocycles. The van der Waals surface area contributed by atoms with Gasteiger partial charge in [-0.3, -0.25) is 4.79 Å². The largest absolute Gasteiger partial charge is 0.459 e. The van der Waals surface area contributed by atoms with Gasteiger partial charge in [-0.15, -0.1) is 0 Å². The van der Waals surface area contributed by atoms with Gasteiger partial charge in [-0.05, 0) is 12.5 Å². The second-order valence-electron chi connectivity index (χ2n) is 2.83. The van der Waals surface area contributed by atoms with Crippen molar-refractivity contribution in [2.75, 3.05) is 6.61 Å². The average Bonchev–Trinajstić information content (AvgIpc) is 2.30. The number of rotatable bonds is 3. The Bertz CT molecular complexity index is 387. The molecule has 0 unspecified atom stereocenters. The van der Waals surface area contributed by atoms with Crippen LogP contribution >= 0.6 is 0 Å². The van der Waals surface area contributed by atoms with Crippen molar-refractivity contribution in [3.63, 3.8) is 0 Å².